The molecule has 2 aromatic rings. The van der Waals surface area contributed by atoms with Crippen LogP contribution in [0.3, 0.4) is 0 Å². The molecule has 0 radical (unpaired) electrons. The van der Waals surface area contributed by atoms with Crippen LogP contribution in [0.4, 0.5) is 0 Å². The summed E-state index contributed by atoms with van der Waals surface area (Å²) in [4.78, 5) is 19.4. The molecule has 2 atom stereocenters. The number of benzene rings is 1. The van der Waals surface area contributed by atoms with Crippen molar-refractivity contribution in [1.29, 1.82) is 0 Å². The SMILES string of the molecule is Cc1nc2ccc(Cl)cc2cc1C(=O)N1CC(C)CC(C)C1. The van der Waals surface area contributed by atoms with Crippen molar-refractivity contribution >= 4 is 28.4 Å². The number of piperidine rings is 1. The van der Waals surface area contributed by atoms with Crippen LogP contribution in [0.1, 0.15) is 36.3 Å². The number of amides is 1. The summed E-state index contributed by atoms with van der Waals surface area (Å²) in [5.74, 6) is 1.19. The molecule has 22 heavy (non-hydrogen) atoms. The number of fused-ring (bicyclic) bond motifs is 1. The fourth-order valence-corrected chi connectivity index (χ4v) is 3.64. The van der Waals surface area contributed by atoms with E-state index >= 15 is 0 Å². The van der Waals surface area contributed by atoms with Gasteiger partial charge in [-0.1, -0.05) is 25.4 Å². The Morgan fingerprint density at radius 1 is 1.23 bits per heavy atom. The topological polar surface area (TPSA) is 33.2 Å². The number of carbonyl (C=O) groups is 1. The highest BCUT2D eigenvalue weighted by atomic mass is 35.5. The van der Waals surface area contributed by atoms with Gasteiger partial charge in [0.2, 0.25) is 0 Å². The molecular formula is C18H21ClN2O. The lowest BCUT2D eigenvalue weighted by molar-refractivity contribution is 0.0622. The number of hydrogen-bond acceptors (Lipinski definition) is 2. The number of likely N-dealkylation sites (tertiary alicyclic amines) is 1. The molecular weight excluding hydrogens is 296 g/mol. The maximum atomic E-state index is 12.9. The third-order valence-corrected chi connectivity index (χ3v) is 4.59. The van der Waals surface area contributed by atoms with Crippen molar-refractivity contribution in [2.45, 2.75) is 27.2 Å². The van der Waals surface area contributed by atoms with E-state index in [0.29, 0.717) is 22.4 Å². The molecule has 2 unspecified atom stereocenters. The minimum absolute atomic E-state index is 0.0882. The lowest BCUT2D eigenvalue weighted by atomic mass is 9.91. The quantitative estimate of drug-likeness (QED) is 0.785. The van der Waals surface area contributed by atoms with E-state index in [0.717, 1.165) is 29.7 Å². The normalized spacial score (nSPS) is 22.1. The van der Waals surface area contributed by atoms with Gasteiger partial charge in [0.25, 0.3) is 5.91 Å². The number of rotatable bonds is 1. The molecule has 0 saturated carbocycles. The highest BCUT2D eigenvalue weighted by Crippen LogP contribution is 2.25. The minimum Gasteiger partial charge on any atom is -0.338 e. The Balaban J connectivity index is 1.98. The van der Waals surface area contributed by atoms with Crippen LogP contribution in [0, 0.1) is 18.8 Å². The third kappa shape index (κ3) is 2.95. The van der Waals surface area contributed by atoms with Crippen molar-refractivity contribution in [2.75, 3.05) is 13.1 Å². The van der Waals surface area contributed by atoms with Crippen LogP contribution >= 0.6 is 11.6 Å². The summed E-state index contributed by atoms with van der Waals surface area (Å²) in [6.07, 6.45) is 1.19. The van der Waals surface area contributed by atoms with Gasteiger partial charge < -0.3 is 4.90 Å². The monoisotopic (exact) mass is 316 g/mol. The van der Waals surface area contributed by atoms with Gasteiger partial charge in [-0.15, -0.1) is 0 Å². The molecule has 0 bridgehead atoms. The van der Waals surface area contributed by atoms with Gasteiger partial charge in [0, 0.05) is 23.5 Å². The second-order valence-electron chi connectivity index (χ2n) is 6.61. The van der Waals surface area contributed by atoms with E-state index < -0.39 is 0 Å². The number of hydrogen-bond donors (Lipinski definition) is 0. The van der Waals surface area contributed by atoms with E-state index in [1.54, 1.807) is 0 Å². The molecule has 0 spiro atoms. The van der Waals surface area contributed by atoms with E-state index in [4.69, 9.17) is 11.6 Å². The summed E-state index contributed by atoms with van der Waals surface area (Å²) in [7, 11) is 0. The van der Waals surface area contributed by atoms with Crippen LogP contribution in [0.25, 0.3) is 10.9 Å². The molecule has 0 aliphatic carbocycles. The van der Waals surface area contributed by atoms with E-state index in [-0.39, 0.29) is 5.91 Å². The summed E-state index contributed by atoms with van der Waals surface area (Å²) in [6, 6.07) is 7.51. The smallest absolute Gasteiger partial charge is 0.255 e. The van der Waals surface area contributed by atoms with Crippen LogP contribution in [0.5, 0.6) is 0 Å². The lowest BCUT2D eigenvalue weighted by Gasteiger charge is -2.35. The largest absolute Gasteiger partial charge is 0.338 e. The Hall–Kier alpha value is -1.61. The number of aryl methyl sites for hydroxylation is 1. The summed E-state index contributed by atoms with van der Waals surface area (Å²) in [6.45, 7) is 7.98. The Kier molecular flexibility index (Phi) is 4.09. The standard InChI is InChI=1S/C18H21ClN2O/c1-11-6-12(2)10-21(9-11)18(22)16-8-14-7-15(19)4-5-17(14)20-13(16)3/h4-5,7-8,11-12H,6,9-10H2,1-3H3. The first-order chi connectivity index (χ1) is 10.4. The first-order valence-corrected chi connectivity index (χ1v) is 8.18. The second-order valence-corrected chi connectivity index (χ2v) is 7.05. The van der Waals surface area contributed by atoms with Gasteiger partial charge in [0.15, 0.2) is 0 Å². The zero-order chi connectivity index (χ0) is 15.9. The Morgan fingerprint density at radius 2 is 1.91 bits per heavy atom. The Labute approximate surface area is 136 Å². The molecule has 1 aromatic carbocycles. The molecule has 1 aromatic heterocycles. The van der Waals surface area contributed by atoms with Crippen LogP contribution in [-0.4, -0.2) is 28.9 Å². The first-order valence-electron chi connectivity index (χ1n) is 7.80. The van der Waals surface area contributed by atoms with Crippen LogP contribution in [0.2, 0.25) is 5.02 Å². The molecule has 3 nitrogen and oxygen atoms in total. The van der Waals surface area contributed by atoms with Gasteiger partial charge in [-0.05, 0) is 49.4 Å². The van der Waals surface area contributed by atoms with E-state index in [1.807, 2.05) is 36.1 Å². The van der Waals surface area contributed by atoms with Crippen molar-refractivity contribution in [2.24, 2.45) is 11.8 Å². The number of aromatic nitrogens is 1. The van der Waals surface area contributed by atoms with E-state index in [9.17, 15) is 4.79 Å². The van der Waals surface area contributed by atoms with Crippen molar-refractivity contribution < 1.29 is 4.79 Å². The van der Waals surface area contributed by atoms with Gasteiger partial charge in [-0.25, -0.2) is 0 Å². The van der Waals surface area contributed by atoms with Crippen molar-refractivity contribution in [1.82, 2.24) is 9.88 Å². The molecule has 1 amide bonds. The first kappa shape index (κ1) is 15.3. The highest BCUT2D eigenvalue weighted by molar-refractivity contribution is 6.31. The van der Waals surface area contributed by atoms with Crippen LogP contribution in [-0.2, 0) is 0 Å². The second kappa shape index (κ2) is 5.88. The fraction of sp³-hybridized carbons (Fsp3) is 0.444. The highest BCUT2D eigenvalue weighted by Gasteiger charge is 2.27. The van der Waals surface area contributed by atoms with Crippen molar-refractivity contribution in [3.05, 3.63) is 40.5 Å². The third-order valence-electron chi connectivity index (χ3n) is 4.35. The van der Waals surface area contributed by atoms with Gasteiger partial charge in [0.1, 0.15) is 0 Å². The minimum atomic E-state index is 0.0882. The molecule has 1 aliphatic rings. The number of pyridine rings is 1. The van der Waals surface area contributed by atoms with Crippen LogP contribution < -0.4 is 0 Å². The van der Waals surface area contributed by atoms with E-state index in [1.165, 1.54) is 6.42 Å². The van der Waals surface area contributed by atoms with Gasteiger partial charge in [-0.3, -0.25) is 9.78 Å². The predicted molar refractivity (Wildman–Crippen MR) is 90.3 cm³/mol. The van der Waals surface area contributed by atoms with Gasteiger partial charge in [0.05, 0.1) is 16.8 Å². The number of nitrogens with zero attached hydrogens (tertiary/aromatic N) is 2. The van der Waals surface area contributed by atoms with Gasteiger partial charge in [-0.2, -0.15) is 0 Å². The molecule has 1 saturated heterocycles. The average Bonchev–Trinajstić information content (AvgIpc) is 2.45. The molecule has 116 valence electrons. The number of carbonyl (C=O) groups excluding carboxylic acids is 1. The lowest BCUT2D eigenvalue weighted by Crippen LogP contribution is -2.42. The van der Waals surface area contributed by atoms with Crippen molar-refractivity contribution in [3.63, 3.8) is 0 Å². The maximum absolute atomic E-state index is 12.9. The van der Waals surface area contributed by atoms with E-state index in [2.05, 4.69) is 18.8 Å². The van der Waals surface area contributed by atoms with Gasteiger partial charge >= 0.3 is 0 Å². The zero-order valence-corrected chi connectivity index (χ0v) is 14.0. The molecule has 0 N–H and O–H groups in total. The molecule has 4 heteroatoms. The van der Waals surface area contributed by atoms with Crippen LogP contribution in [0.15, 0.2) is 24.3 Å². The fourth-order valence-electron chi connectivity index (χ4n) is 3.46. The maximum Gasteiger partial charge on any atom is 0.255 e. The summed E-state index contributed by atoms with van der Waals surface area (Å²) in [5.41, 5.74) is 2.35. The number of halogens is 1. The zero-order valence-electron chi connectivity index (χ0n) is 13.3. The van der Waals surface area contributed by atoms with Crippen molar-refractivity contribution in [3.8, 4) is 0 Å². The average molecular weight is 317 g/mol. The summed E-state index contributed by atoms with van der Waals surface area (Å²) >= 11 is 6.05. The Bertz CT molecular complexity index is 718. The molecule has 1 aliphatic heterocycles. The summed E-state index contributed by atoms with van der Waals surface area (Å²) < 4.78 is 0. The molecule has 1 fully saturated rings. The summed E-state index contributed by atoms with van der Waals surface area (Å²) in [5, 5.41) is 1.58. The molecule has 2 heterocycles. The predicted octanol–water partition coefficient (Wildman–Crippen LogP) is 4.31. The molecule has 3 rings (SSSR count). The Morgan fingerprint density at radius 3 is 2.59 bits per heavy atom.